The number of carbonyl (C=O) groups is 4. The Labute approximate surface area is 268 Å². The number of carboxylic acids is 4. The normalized spacial score (nSPS) is 12.4. The molecule has 0 heterocycles. The average molecular weight is 724 g/mol. The number of hydrogen-bond donors (Lipinski definition) is 4. The van der Waals surface area contributed by atoms with Crippen molar-refractivity contribution in [3.63, 3.8) is 0 Å². The fourth-order valence-electron chi connectivity index (χ4n) is 1.45. The Kier molecular flexibility index (Phi) is 50.3. The predicted octanol–water partition coefficient (Wildman–Crippen LogP) is -4.74. The summed E-state index contributed by atoms with van der Waals surface area (Å²) in [6, 6.07) is -3.18. The first-order valence-corrected chi connectivity index (χ1v) is 16.1. The molecule has 0 aromatic rings. The molecule has 0 aliphatic carbocycles. The Morgan fingerprint density at radius 1 is 0.474 bits per heavy atom. The van der Waals surface area contributed by atoms with Crippen LogP contribution < -0.4 is 43.4 Å². The van der Waals surface area contributed by atoms with Crippen molar-refractivity contribution < 1.29 is 78.6 Å². The minimum Gasteiger partial charge on any atom is -0.548 e. The Balaban J connectivity index is -0.0000000883. The van der Waals surface area contributed by atoms with Crippen LogP contribution in [0.4, 0.5) is 0 Å². The van der Waals surface area contributed by atoms with Crippen LogP contribution in [0, 0.1) is 0 Å². The summed E-state index contributed by atoms with van der Waals surface area (Å²) in [5.41, 5.74) is 20.5. The molecule has 0 aliphatic rings. The maximum absolute atomic E-state index is 9.96. The van der Waals surface area contributed by atoms with Crippen LogP contribution in [0.15, 0.2) is 0 Å². The van der Waals surface area contributed by atoms with E-state index in [1.165, 1.54) is 0 Å². The molecular formula is C20H40N4O8S4Zn2. The molecule has 12 nitrogen and oxygen atoms in total. The number of carbonyl (C=O) groups excluding carboxylic acids is 4. The van der Waals surface area contributed by atoms with Gasteiger partial charge in [-0.1, -0.05) is 0 Å². The molecule has 0 saturated carbocycles. The maximum Gasteiger partial charge on any atom is 2.00 e. The number of hydrogen-bond acceptors (Lipinski definition) is 16. The van der Waals surface area contributed by atoms with Crippen LogP contribution in [0.5, 0.6) is 0 Å². The standard InChI is InChI=1S/4C5H11NO2S.2Zn/c4*1-9-3-2-4(6)5(7)8;;/h4*4H,2-3,6H2,1H3,(H,7,8);;/q;;;;2*+2/p-4/t4*4-;;/m0000../s1. The van der Waals surface area contributed by atoms with Gasteiger partial charge in [0.2, 0.25) is 0 Å². The second-order valence-corrected chi connectivity index (χ2v) is 10.8. The van der Waals surface area contributed by atoms with Crippen LogP contribution >= 0.6 is 47.0 Å². The van der Waals surface area contributed by atoms with Gasteiger partial charge in [-0.3, -0.25) is 0 Å². The molecule has 0 radical (unpaired) electrons. The topological polar surface area (TPSA) is 265 Å². The van der Waals surface area contributed by atoms with Gasteiger partial charge in [-0.15, -0.1) is 0 Å². The number of aliphatic carboxylic acids is 4. The Hall–Kier alpha value is 0.367. The Morgan fingerprint density at radius 2 is 0.605 bits per heavy atom. The van der Waals surface area contributed by atoms with Gasteiger partial charge in [-0.05, 0) is 73.7 Å². The number of carboxylic acid groups (broad SMARTS) is 4. The van der Waals surface area contributed by atoms with E-state index in [1.807, 2.05) is 25.0 Å². The van der Waals surface area contributed by atoms with Gasteiger partial charge in [-0.25, -0.2) is 0 Å². The molecular weight excluding hydrogens is 683 g/mol. The van der Waals surface area contributed by atoms with E-state index in [4.69, 9.17) is 22.9 Å². The van der Waals surface area contributed by atoms with Gasteiger partial charge in [0.25, 0.3) is 0 Å². The van der Waals surface area contributed by atoms with Crippen molar-refractivity contribution in [3.05, 3.63) is 0 Å². The Bertz CT molecular complexity index is 495. The van der Waals surface area contributed by atoms with Gasteiger partial charge < -0.3 is 62.5 Å². The van der Waals surface area contributed by atoms with Gasteiger partial charge in [0.1, 0.15) is 0 Å². The van der Waals surface area contributed by atoms with E-state index in [9.17, 15) is 39.6 Å². The molecule has 0 amide bonds. The molecule has 216 valence electrons. The summed E-state index contributed by atoms with van der Waals surface area (Å²) in [5.74, 6) is -1.56. The van der Waals surface area contributed by atoms with Crippen molar-refractivity contribution in [2.24, 2.45) is 22.9 Å². The molecule has 0 rings (SSSR count). The van der Waals surface area contributed by atoms with Crippen LogP contribution in [-0.2, 0) is 58.1 Å². The molecule has 8 N–H and O–H groups in total. The molecule has 0 aromatic heterocycles. The molecule has 0 fully saturated rings. The van der Waals surface area contributed by atoms with E-state index in [0.29, 0.717) is 25.7 Å². The van der Waals surface area contributed by atoms with Crippen LogP contribution in [0.1, 0.15) is 25.7 Å². The molecule has 0 bridgehead atoms. The monoisotopic (exact) mass is 720 g/mol. The zero-order valence-corrected chi connectivity index (χ0v) is 31.8. The van der Waals surface area contributed by atoms with E-state index in [1.54, 1.807) is 47.0 Å². The minimum absolute atomic E-state index is 0. The summed E-state index contributed by atoms with van der Waals surface area (Å²) >= 11 is 6.30. The first-order chi connectivity index (χ1) is 16.7. The zero-order chi connectivity index (χ0) is 29.1. The summed E-state index contributed by atoms with van der Waals surface area (Å²) < 4.78 is 0. The molecule has 38 heavy (non-hydrogen) atoms. The van der Waals surface area contributed by atoms with Crippen LogP contribution in [0.25, 0.3) is 0 Å². The van der Waals surface area contributed by atoms with Crippen molar-refractivity contribution in [2.45, 2.75) is 49.9 Å². The third kappa shape index (κ3) is 43.4. The molecule has 0 spiro atoms. The van der Waals surface area contributed by atoms with Crippen molar-refractivity contribution in [1.82, 2.24) is 0 Å². The fraction of sp³-hybridized carbons (Fsp3) is 0.800. The van der Waals surface area contributed by atoms with Gasteiger partial charge >= 0.3 is 39.0 Å². The smallest absolute Gasteiger partial charge is 0.548 e. The van der Waals surface area contributed by atoms with Gasteiger partial charge in [0.05, 0.1) is 23.9 Å². The minimum atomic E-state index is -1.16. The fourth-order valence-corrected chi connectivity index (χ4v) is 3.41. The van der Waals surface area contributed by atoms with E-state index in [2.05, 4.69) is 0 Å². The zero-order valence-electron chi connectivity index (χ0n) is 22.6. The molecule has 0 aromatic carbocycles. The molecule has 0 saturated heterocycles. The SMILES string of the molecule is CSCC[C@H](N)C(=O)[O-].CSCC[C@H](N)C(=O)[O-].CSCC[C@H](N)C(=O)[O-].CSCC[C@H](N)C(=O)[O-].[Zn+2].[Zn+2]. The summed E-state index contributed by atoms with van der Waals surface area (Å²) in [6.07, 6.45) is 9.58. The average Bonchev–Trinajstić information content (AvgIpc) is 2.83. The molecule has 18 heteroatoms. The second kappa shape index (κ2) is 37.4. The third-order valence-electron chi connectivity index (χ3n) is 3.74. The first-order valence-electron chi connectivity index (χ1n) is 10.5. The van der Waals surface area contributed by atoms with Crippen molar-refractivity contribution in [3.8, 4) is 0 Å². The van der Waals surface area contributed by atoms with E-state index >= 15 is 0 Å². The maximum atomic E-state index is 9.96. The molecule has 0 unspecified atom stereocenters. The predicted molar refractivity (Wildman–Crippen MR) is 144 cm³/mol. The van der Waals surface area contributed by atoms with Crippen LogP contribution in [0.3, 0.4) is 0 Å². The van der Waals surface area contributed by atoms with Crippen LogP contribution in [-0.4, -0.2) is 96.1 Å². The van der Waals surface area contributed by atoms with Crippen molar-refractivity contribution in [2.75, 3.05) is 48.0 Å². The summed E-state index contributed by atoms with van der Waals surface area (Å²) in [5, 5.41) is 39.8. The molecule has 0 aliphatic heterocycles. The summed E-state index contributed by atoms with van der Waals surface area (Å²) in [6.45, 7) is 0. The quantitative estimate of drug-likeness (QED) is 0.109. The van der Waals surface area contributed by atoms with Gasteiger partial charge in [0.15, 0.2) is 0 Å². The van der Waals surface area contributed by atoms with Crippen LogP contribution in [0.2, 0.25) is 0 Å². The van der Waals surface area contributed by atoms with Crippen molar-refractivity contribution >= 4 is 70.9 Å². The Morgan fingerprint density at radius 3 is 0.684 bits per heavy atom. The van der Waals surface area contributed by atoms with Crippen molar-refractivity contribution in [1.29, 1.82) is 0 Å². The summed E-state index contributed by atoms with van der Waals surface area (Å²) in [7, 11) is 0. The van der Waals surface area contributed by atoms with E-state index in [0.717, 1.165) is 23.0 Å². The molecule has 4 atom stereocenters. The largest absolute Gasteiger partial charge is 2.00 e. The van der Waals surface area contributed by atoms with Gasteiger partial charge in [-0.2, -0.15) is 47.0 Å². The second-order valence-electron chi connectivity index (χ2n) is 6.83. The van der Waals surface area contributed by atoms with E-state index in [-0.39, 0.29) is 39.0 Å². The van der Waals surface area contributed by atoms with Gasteiger partial charge in [0, 0.05) is 24.2 Å². The number of nitrogens with two attached hydrogens (primary N) is 4. The summed E-state index contributed by atoms with van der Waals surface area (Å²) in [4.78, 5) is 39.8. The number of thioether (sulfide) groups is 4. The van der Waals surface area contributed by atoms with E-state index < -0.39 is 48.0 Å². The third-order valence-corrected chi connectivity index (χ3v) is 6.32. The first kappa shape index (κ1) is 51.1. The number of rotatable bonds is 16.